The number of carbonyl (C=O) groups excluding carboxylic acids is 1. The minimum Gasteiger partial charge on any atom is -0.383 e. The monoisotopic (exact) mass is 437 g/mol. The van der Waals surface area contributed by atoms with Crippen LogP contribution in [-0.4, -0.2) is 45.3 Å². The van der Waals surface area contributed by atoms with E-state index in [0.29, 0.717) is 25.5 Å². The lowest BCUT2D eigenvalue weighted by molar-refractivity contribution is -0.136. The van der Waals surface area contributed by atoms with Crippen LogP contribution < -0.4 is 5.73 Å². The Bertz CT molecular complexity index is 1260. The summed E-state index contributed by atoms with van der Waals surface area (Å²) in [5, 5.41) is 2.78. The highest BCUT2D eigenvalue weighted by Gasteiger charge is 2.24. The van der Waals surface area contributed by atoms with Crippen molar-refractivity contribution in [2.75, 3.05) is 25.4 Å². The number of benzene rings is 2. The first-order valence-corrected chi connectivity index (χ1v) is 10.9. The molecule has 152 valence electrons. The number of amides is 1. The second-order valence-electron chi connectivity index (χ2n) is 7.51. The van der Waals surface area contributed by atoms with Crippen LogP contribution in [0.15, 0.2) is 48.8 Å². The molecule has 0 atom stereocenters. The summed E-state index contributed by atoms with van der Waals surface area (Å²) in [5.41, 5.74) is 7.74. The van der Waals surface area contributed by atoms with E-state index in [4.69, 9.17) is 17.3 Å². The van der Waals surface area contributed by atoms with E-state index >= 15 is 0 Å². The third-order valence-corrected chi connectivity index (χ3v) is 7.03. The van der Waals surface area contributed by atoms with Crippen molar-refractivity contribution in [3.8, 4) is 0 Å². The minimum absolute atomic E-state index is 0.141. The summed E-state index contributed by atoms with van der Waals surface area (Å²) in [6.07, 6.45) is 1.46. The number of fused-ring (bicyclic) bond motifs is 2. The van der Waals surface area contributed by atoms with Crippen molar-refractivity contribution in [1.29, 1.82) is 0 Å². The van der Waals surface area contributed by atoms with Gasteiger partial charge in [-0.2, -0.15) is 0 Å². The molecule has 0 spiro atoms. The van der Waals surface area contributed by atoms with Gasteiger partial charge >= 0.3 is 0 Å². The van der Waals surface area contributed by atoms with E-state index in [1.54, 1.807) is 11.3 Å². The molecule has 6 nitrogen and oxygen atoms in total. The lowest BCUT2D eigenvalue weighted by Crippen LogP contribution is -2.49. The Hall–Kier alpha value is -2.74. The van der Waals surface area contributed by atoms with E-state index in [1.807, 2.05) is 35.2 Å². The van der Waals surface area contributed by atoms with E-state index in [9.17, 15) is 4.79 Å². The number of carbonyl (C=O) groups is 1. The molecule has 1 amide bonds. The molecule has 1 fully saturated rings. The van der Waals surface area contributed by atoms with Crippen molar-refractivity contribution in [2.24, 2.45) is 0 Å². The van der Waals surface area contributed by atoms with Gasteiger partial charge < -0.3 is 10.6 Å². The van der Waals surface area contributed by atoms with Gasteiger partial charge in [-0.25, -0.2) is 9.97 Å². The Labute approximate surface area is 182 Å². The van der Waals surface area contributed by atoms with E-state index < -0.39 is 0 Å². The Morgan fingerprint density at radius 1 is 1.10 bits per heavy atom. The van der Waals surface area contributed by atoms with Crippen molar-refractivity contribution in [1.82, 2.24) is 19.8 Å². The standard InChI is InChI=1S/C22H20ClN5OS/c23-18-3-1-2-15-9-16(30-21(15)18)11-27-6-7-28(20(29)12-27)10-14-4-5-17-19(8-14)25-13-26-22(17)24/h1-5,8-9,13H,6-7,10-12H2,(H2,24,25,26). The molecule has 1 aliphatic heterocycles. The fraction of sp³-hybridized carbons (Fsp3) is 0.227. The zero-order chi connectivity index (χ0) is 20.7. The second kappa shape index (κ2) is 7.83. The van der Waals surface area contributed by atoms with Crippen LogP contribution in [-0.2, 0) is 17.9 Å². The molecule has 0 unspecified atom stereocenters. The summed E-state index contributed by atoms with van der Waals surface area (Å²) in [6, 6.07) is 14.0. The van der Waals surface area contributed by atoms with Gasteiger partial charge in [-0.1, -0.05) is 29.8 Å². The van der Waals surface area contributed by atoms with Gasteiger partial charge in [0.25, 0.3) is 0 Å². The lowest BCUT2D eigenvalue weighted by Gasteiger charge is -2.34. The Morgan fingerprint density at radius 3 is 2.83 bits per heavy atom. The van der Waals surface area contributed by atoms with Crippen LogP contribution in [0.3, 0.4) is 0 Å². The predicted octanol–water partition coefficient (Wildman–Crippen LogP) is 3.92. The molecule has 1 saturated heterocycles. The summed E-state index contributed by atoms with van der Waals surface area (Å²) in [4.78, 5) is 26.4. The SMILES string of the molecule is Nc1ncnc2cc(CN3CCN(Cc4cc5cccc(Cl)c5s4)CC3=O)ccc12. The normalized spacial score (nSPS) is 15.4. The van der Waals surface area contributed by atoms with Crippen LogP contribution in [0.5, 0.6) is 0 Å². The first-order valence-electron chi connectivity index (χ1n) is 9.73. The first-order chi connectivity index (χ1) is 14.6. The summed E-state index contributed by atoms with van der Waals surface area (Å²) in [6.45, 7) is 3.31. The van der Waals surface area contributed by atoms with Gasteiger partial charge in [-0.05, 0) is 35.2 Å². The van der Waals surface area contributed by atoms with Crippen molar-refractivity contribution < 1.29 is 4.79 Å². The molecule has 3 heterocycles. The quantitative estimate of drug-likeness (QED) is 0.523. The molecular formula is C22H20ClN5OS. The third-order valence-electron chi connectivity index (χ3n) is 5.43. The Kier molecular flexibility index (Phi) is 5.02. The number of piperazine rings is 1. The van der Waals surface area contributed by atoms with E-state index in [-0.39, 0.29) is 5.91 Å². The van der Waals surface area contributed by atoms with Crippen LogP contribution in [0.2, 0.25) is 5.02 Å². The molecule has 30 heavy (non-hydrogen) atoms. The topological polar surface area (TPSA) is 75.3 Å². The molecule has 0 radical (unpaired) electrons. The van der Waals surface area contributed by atoms with Gasteiger partial charge in [0.15, 0.2) is 0 Å². The predicted molar refractivity (Wildman–Crippen MR) is 121 cm³/mol. The zero-order valence-electron chi connectivity index (χ0n) is 16.2. The van der Waals surface area contributed by atoms with Gasteiger partial charge in [0.1, 0.15) is 12.1 Å². The molecular weight excluding hydrogens is 418 g/mol. The maximum atomic E-state index is 12.8. The second-order valence-corrected chi connectivity index (χ2v) is 9.05. The molecule has 0 saturated carbocycles. The van der Waals surface area contributed by atoms with E-state index in [0.717, 1.165) is 44.7 Å². The number of nitrogens with zero attached hydrogens (tertiary/aromatic N) is 4. The third kappa shape index (κ3) is 3.71. The maximum Gasteiger partial charge on any atom is 0.237 e. The number of anilines is 1. The summed E-state index contributed by atoms with van der Waals surface area (Å²) < 4.78 is 1.11. The largest absolute Gasteiger partial charge is 0.383 e. The number of aromatic nitrogens is 2. The van der Waals surface area contributed by atoms with Crippen molar-refractivity contribution in [3.63, 3.8) is 0 Å². The highest BCUT2D eigenvalue weighted by atomic mass is 35.5. The highest BCUT2D eigenvalue weighted by Crippen LogP contribution is 2.32. The molecule has 2 aromatic heterocycles. The minimum atomic E-state index is 0.141. The van der Waals surface area contributed by atoms with Crippen molar-refractivity contribution >= 4 is 55.7 Å². The molecule has 5 rings (SSSR count). The van der Waals surface area contributed by atoms with Crippen molar-refractivity contribution in [2.45, 2.75) is 13.1 Å². The van der Waals surface area contributed by atoms with Gasteiger partial charge in [0.05, 0.1) is 21.8 Å². The van der Waals surface area contributed by atoms with Gasteiger partial charge in [0, 0.05) is 36.4 Å². The zero-order valence-corrected chi connectivity index (χ0v) is 17.8. The summed E-state index contributed by atoms with van der Waals surface area (Å²) >= 11 is 8.00. The smallest absolute Gasteiger partial charge is 0.237 e. The number of nitrogens with two attached hydrogens (primary N) is 1. The summed E-state index contributed by atoms with van der Waals surface area (Å²) in [7, 11) is 0. The molecule has 2 N–H and O–H groups in total. The van der Waals surface area contributed by atoms with E-state index in [1.165, 1.54) is 11.2 Å². The average Bonchev–Trinajstić information content (AvgIpc) is 3.14. The van der Waals surface area contributed by atoms with E-state index in [2.05, 4.69) is 27.0 Å². The molecule has 2 aromatic carbocycles. The molecule has 0 bridgehead atoms. The Balaban J connectivity index is 1.25. The van der Waals surface area contributed by atoms with Crippen LogP contribution in [0.1, 0.15) is 10.4 Å². The first kappa shape index (κ1) is 19.2. The molecule has 1 aliphatic rings. The number of thiophene rings is 1. The number of halogens is 1. The highest BCUT2D eigenvalue weighted by molar-refractivity contribution is 7.19. The van der Waals surface area contributed by atoms with Crippen LogP contribution in [0.4, 0.5) is 5.82 Å². The number of hydrogen-bond donors (Lipinski definition) is 1. The number of hydrogen-bond acceptors (Lipinski definition) is 6. The van der Waals surface area contributed by atoms with Crippen LogP contribution in [0.25, 0.3) is 21.0 Å². The lowest BCUT2D eigenvalue weighted by atomic mass is 10.1. The number of rotatable bonds is 4. The van der Waals surface area contributed by atoms with Gasteiger partial charge in [-0.15, -0.1) is 11.3 Å². The Morgan fingerprint density at radius 2 is 2.00 bits per heavy atom. The molecule has 0 aliphatic carbocycles. The van der Waals surface area contributed by atoms with Crippen molar-refractivity contribution in [3.05, 3.63) is 64.3 Å². The van der Waals surface area contributed by atoms with Gasteiger partial charge in [-0.3, -0.25) is 9.69 Å². The van der Waals surface area contributed by atoms with Crippen LogP contribution in [0, 0.1) is 0 Å². The fourth-order valence-corrected chi connectivity index (χ4v) is 5.28. The maximum absolute atomic E-state index is 12.8. The molecule has 4 aromatic rings. The average molecular weight is 438 g/mol. The van der Waals surface area contributed by atoms with Gasteiger partial charge in [0.2, 0.25) is 5.91 Å². The van der Waals surface area contributed by atoms with Crippen LogP contribution >= 0.6 is 22.9 Å². The fourth-order valence-electron chi connectivity index (χ4n) is 3.88. The summed E-state index contributed by atoms with van der Waals surface area (Å²) in [5.74, 6) is 0.612. The number of nitrogen functional groups attached to an aromatic ring is 1. The molecule has 8 heteroatoms.